The highest BCUT2D eigenvalue weighted by atomic mass is 32.2. The molecule has 0 spiro atoms. The van der Waals surface area contributed by atoms with Gasteiger partial charge in [0.2, 0.25) is 10.0 Å². The highest BCUT2D eigenvalue weighted by Crippen LogP contribution is 2.30. The number of sulfonamides is 1. The first-order valence-electron chi connectivity index (χ1n) is 5.62. The molecule has 0 aliphatic rings. The van der Waals surface area contributed by atoms with Crippen LogP contribution in [-0.2, 0) is 16.2 Å². The Labute approximate surface area is 114 Å². The van der Waals surface area contributed by atoms with E-state index in [-0.39, 0.29) is 18.0 Å². The fourth-order valence-electron chi connectivity index (χ4n) is 1.54. The van der Waals surface area contributed by atoms with Gasteiger partial charge in [-0.15, -0.1) is 0 Å². The summed E-state index contributed by atoms with van der Waals surface area (Å²) in [5.41, 5.74) is -0.952. The van der Waals surface area contributed by atoms with Gasteiger partial charge in [-0.3, -0.25) is 0 Å². The first kappa shape index (κ1) is 16.9. The molecule has 0 saturated heterocycles. The third-order valence-corrected chi connectivity index (χ3v) is 4.43. The summed E-state index contributed by atoms with van der Waals surface area (Å²) in [4.78, 5) is -0.326. The molecular formula is C11H14F3NO4S. The van der Waals surface area contributed by atoms with Crippen LogP contribution in [0.1, 0.15) is 5.56 Å². The molecule has 0 saturated carbocycles. The minimum absolute atomic E-state index is 0.246. The van der Waals surface area contributed by atoms with E-state index in [1.807, 2.05) is 0 Å². The van der Waals surface area contributed by atoms with E-state index in [2.05, 4.69) is 0 Å². The summed E-state index contributed by atoms with van der Waals surface area (Å²) in [5.74, 6) is 0. The zero-order valence-electron chi connectivity index (χ0n) is 10.3. The van der Waals surface area contributed by atoms with Crippen LogP contribution in [0.3, 0.4) is 0 Å². The number of benzene rings is 1. The van der Waals surface area contributed by atoms with Gasteiger partial charge in [-0.2, -0.15) is 17.5 Å². The van der Waals surface area contributed by atoms with Crippen LogP contribution in [0.15, 0.2) is 29.2 Å². The number of hydrogen-bond acceptors (Lipinski definition) is 4. The van der Waals surface area contributed by atoms with Crippen LogP contribution in [0.5, 0.6) is 0 Å². The normalized spacial score (nSPS) is 12.9. The number of aliphatic hydroxyl groups excluding tert-OH is 2. The van der Waals surface area contributed by atoms with Crippen molar-refractivity contribution in [3.63, 3.8) is 0 Å². The SMILES string of the molecule is O=S(=O)(c1ccc(C(F)(F)F)cc1)N(CCO)CCO. The summed E-state index contributed by atoms with van der Waals surface area (Å²) in [6.45, 7) is -1.41. The van der Waals surface area contributed by atoms with Crippen molar-refractivity contribution in [2.75, 3.05) is 26.3 Å². The Balaban J connectivity index is 3.08. The van der Waals surface area contributed by atoms with E-state index in [4.69, 9.17) is 10.2 Å². The van der Waals surface area contributed by atoms with Crippen LogP contribution < -0.4 is 0 Å². The summed E-state index contributed by atoms with van der Waals surface area (Å²) in [5, 5.41) is 17.6. The third kappa shape index (κ3) is 3.92. The van der Waals surface area contributed by atoms with Crippen molar-refractivity contribution in [1.29, 1.82) is 0 Å². The number of alkyl halides is 3. The maximum absolute atomic E-state index is 12.4. The minimum atomic E-state index is -4.54. The van der Waals surface area contributed by atoms with E-state index in [1.165, 1.54) is 0 Å². The second-order valence-electron chi connectivity index (χ2n) is 3.87. The van der Waals surface area contributed by atoms with E-state index >= 15 is 0 Å². The van der Waals surface area contributed by atoms with Gasteiger partial charge >= 0.3 is 6.18 Å². The Morgan fingerprint density at radius 2 is 1.45 bits per heavy atom. The van der Waals surface area contributed by atoms with Gasteiger partial charge in [0.15, 0.2) is 0 Å². The number of hydrogen-bond donors (Lipinski definition) is 2. The second kappa shape index (κ2) is 6.53. The van der Waals surface area contributed by atoms with Crippen LogP contribution in [0.25, 0.3) is 0 Å². The van der Waals surface area contributed by atoms with Gasteiger partial charge in [-0.05, 0) is 24.3 Å². The molecule has 1 aromatic carbocycles. The van der Waals surface area contributed by atoms with Gasteiger partial charge in [0.1, 0.15) is 0 Å². The van der Waals surface area contributed by atoms with Gasteiger partial charge in [-0.1, -0.05) is 0 Å². The molecule has 0 heterocycles. The molecule has 0 amide bonds. The van der Waals surface area contributed by atoms with E-state index < -0.39 is 35.0 Å². The van der Waals surface area contributed by atoms with Crippen molar-refractivity contribution in [3.05, 3.63) is 29.8 Å². The predicted octanol–water partition coefficient (Wildman–Crippen LogP) is 0.681. The first-order valence-corrected chi connectivity index (χ1v) is 7.06. The Kier molecular flexibility index (Phi) is 5.51. The molecule has 1 rings (SSSR count). The van der Waals surface area contributed by atoms with Gasteiger partial charge in [0, 0.05) is 13.1 Å². The van der Waals surface area contributed by atoms with Crippen molar-refractivity contribution < 1.29 is 31.8 Å². The topological polar surface area (TPSA) is 77.8 Å². The van der Waals surface area contributed by atoms with Crippen molar-refractivity contribution in [2.45, 2.75) is 11.1 Å². The van der Waals surface area contributed by atoms with Gasteiger partial charge in [-0.25, -0.2) is 8.42 Å². The Morgan fingerprint density at radius 3 is 1.80 bits per heavy atom. The quantitative estimate of drug-likeness (QED) is 0.810. The zero-order chi connectivity index (χ0) is 15.4. The molecule has 114 valence electrons. The lowest BCUT2D eigenvalue weighted by Crippen LogP contribution is -2.35. The number of rotatable bonds is 6. The lowest BCUT2D eigenvalue weighted by Gasteiger charge is -2.20. The molecule has 0 unspecified atom stereocenters. The van der Waals surface area contributed by atoms with Crippen molar-refractivity contribution >= 4 is 10.0 Å². The van der Waals surface area contributed by atoms with E-state index in [1.54, 1.807) is 0 Å². The fourth-order valence-corrected chi connectivity index (χ4v) is 2.96. The standard InChI is InChI=1S/C11H14F3NO4S/c12-11(13,14)9-1-3-10(4-2-9)20(18,19)15(5-7-16)6-8-17/h1-4,16-17H,5-8H2. The molecule has 0 radical (unpaired) electrons. The van der Waals surface area contributed by atoms with Crippen LogP contribution in [0, 0.1) is 0 Å². The van der Waals surface area contributed by atoms with Crippen molar-refractivity contribution in [2.24, 2.45) is 0 Å². The molecule has 5 nitrogen and oxygen atoms in total. The number of aliphatic hydroxyl groups is 2. The van der Waals surface area contributed by atoms with Crippen LogP contribution in [-0.4, -0.2) is 49.2 Å². The molecule has 20 heavy (non-hydrogen) atoms. The molecule has 0 fully saturated rings. The highest BCUT2D eigenvalue weighted by Gasteiger charge is 2.31. The Bertz CT molecular complexity index is 522. The number of nitrogens with zero attached hydrogens (tertiary/aromatic N) is 1. The largest absolute Gasteiger partial charge is 0.416 e. The monoisotopic (exact) mass is 313 g/mol. The molecule has 9 heteroatoms. The molecule has 2 N–H and O–H groups in total. The van der Waals surface area contributed by atoms with Crippen LogP contribution in [0.4, 0.5) is 13.2 Å². The van der Waals surface area contributed by atoms with Gasteiger partial charge in [0.25, 0.3) is 0 Å². The maximum atomic E-state index is 12.4. The summed E-state index contributed by atoms with van der Waals surface area (Å²) in [7, 11) is -4.04. The Morgan fingerprint density at radius 1 is 1.00 bits per heavy atom. The van der Waals surface area contributed by atoms with Gasteiger partial charge in [0.05, 0.1) is 23.7 Å². The third-order valence-electron chi connectivity index (χ3n) is 2.52. The summed E-state index contributed by atoms with van der Waals surface area (Å²) < 4.78 is 62.2. The minimum Gasteiger partial charge on any atom is -0.395 e. The van der Waals surface area contributed by atoms with E-state index in [0.717, 1.165) is 16.4 Å². The molecule has 0 aromatic heterocycles. The average molecular weight is 313 g/mol. The first-order chi connectivity index (χ1) is 9.23. The predicted molar refractivity (Wildman–Crippen MR) is 64.4 cm³/mol. The highest BCUT2D eigenvalue weighted by molar-refractivity contribution is 7.89. The van der Waals surface area contributed by atoms with Crippen LogP contribution >= 0.6 is 0 Å². The molecule has 1 aromatic rings. The van der Waals surface area contributed by atoms with Crippen molar-refractivity contribution in [1.82, 2.24) is 4.31 Å². The van der Waals surface area contributed by atoms with Crippen molar-refractivity contribution in [3.8, 4) is 0 Å². The fraction of sp³-hybridized carbons (Fsp3) is 0.455. The lowest BCUT2D eigenvalue weighted by molar-refractivity contribution is -0.137. The average Bonchev–Trinajstić information content (AvgIpc) is 2.37. The molecule has 0 bridgehead atoms. The summed E-state index contributed by atoms with van der Waals surface area (Å²) >= 11 is 0. The summed E-state index contributed by atoms with van der Waals surface area (Å²) in [6.07, 6.45) is -4.54. The lowest BCUT2D eigenvalue weighted by atomic mass is 10.2. The molecule has 0 aliphatic heterocycles. The van der Waals surface area contributed by atoms with E-state index in [0.29, 0.717) is 12.1 Å². The second-order valence-corrected chi connectivity index (χ2v) is 5.81. The Hall–Kier alpha value is -1.16. The smallest absolute Gasteiger partial charge is 0.395 e. The molecule has 0 atom stereocenters. The van der Waals surface area contributed by atoms with E-state index in [9.17, 15) is 21.6 Å². The molecular weight excluding hydrogens is 299 g/mol. The zero-order valence-corrected chi connectivity index (χ0v) is 11.2. The number of halogens is 3. The summed E-state index contributed by atoms with van der Waals surface area (Å²) in [6, 6.07) is 3.03. The maximum Gasteiger partial charge on any atom is 0.416 e. The van der Waals surface area contributed by atoms with Crippen LogP contribution in [0.2, 0.25) is 0 Å². The molecule has 0 aliphatic carbocycles. The van der Waals surface area contributed by atoms with Gasteiger partial charge < -0.3 is 10.2 Å².